The van der Waals surface area contributed by atoms with Gasteiger partial charge in [-0.3, -0.25) is 9.36 Å². The molecule has 0 spiro atoms. The molecule has 0 bridgehead atoms. The molecule has 0 aliphatic rings. The number of aromatic amines is 1. The molecule has 2 heterocycles. The van der Waals surface area contributed by atoms with Gasteiger partial charge < -0.3 is 4.98 Å². The molecule has 2 aromatic heterocycles. The predicted molar refractivity (Wildman–Crippen MR) is 82.3 cm³/mol. The van der Waals surface area contributed by atoms with Crippen LogP contribution in [0, 0.1) is 16.1 Å². The van der Waals surface area contributed by atoms with Crippen molar-refractivity contribution in [2.75, 3.05) is 0 Å². The lowest BCUT2D eigenvalue weighted by atomic mass is 10.2. The van der Waals surface area contributed by atoms with E-state index < -0.39 is 0 Å². The molecule has 20 heavy (non-hydrogen) atoms. The number of thiophene rings is 1. The van der Waals surface area contributed by atoms with E-state index in [1.165, 1.54) is 22.0 Å². The largest absolute Gasteiger partial charge is 0.323 e. The van der Waals surface area contributed by atoms with Crippen molar-refractivity contribution >= 4 is 45.4 Å². The lowest BCUT2D eigenvalue weighted by molar-refractivity contribution is 0.943. The van der Waals surface area contributed by atoms with E-state index in [-0.39, 0.29) is 10.3 Å². The van der Waals surface area contributed by atoms with Gasteiger partial charge in [0.1, 0.15) is 4.83 Å². The average Bonchev–Trinajstić information content (AvgIpc) is 2.88. The number of H-pyrrole nitrogens is 1. The van der Waals surface area contributed by atoms with E-state index in [1.54, 1.807) is 18.2 Å². The van der Waals surface area contributed by atoms with Crippen LogP contribution < -0.4 is 5.56 Å². The molecule has 0 unspecified atom stereocenters. The maximum Gasteiger partial charge on any atom is 0.267 e. The minimum atomic E-state index is -0.225. The topological polar surface area (TPSA) is 61.6 Å². The number of rotatable bonds is 1. The highest BCUT2D eigenvalue weighted by Gasteiger charge is 2.11. The van der Waals surface area contributed by atoms with Crippen LogP contribution in [0.2, 0.25) is 5.02 Å². The second-order valence-corrected chi connectivity index (χ2v) is 5.72. The number of aromatic nitrogens is 2. The van der Waals surface area contributed by atoms with Gasteiger partial charge in [0.05, 0.1) is 27.7 Å². The van der Waals surface area contributed by atoms with Gasteiger partial charge in [0.15, 0.2) is 4.77 Å². The summed E-state index contributed by atoms with van der Waals surface area (Å²) in [7, 11) is 0. The summed E-state index contributed by atoms with van der Waals surface area (Å²) < 4.78 is 1.62. The summed E-state index contributed by atoms with van der Waals surface area (Å²) in [5.74, 6) is 0. The summed E-state index contributed by atoms with van der Waals surface area (Å²) in [6, 6.07) is 8.46. The lowest BCUT2D eigenvalue weighted by Crippen LogP contribution is -2.20. The number of nitriles is 1. The van der Waals surface area contributed by atoms with Crippen LogP contribution >= 0.6 is 35.2 Å². The van der Waals surface area contributed by atoms with Crippen molar-refractivity contribution < 1.29 is 0 Å². The molecule has 3 aromatic rings. The van der Waals surface area contributed by atoms with Gasteiger partial charge in [0, 0.05) is 0 Å². The van der Waals surface area contributed by atoms with Gasteiger partial charge in [0.2, 0.25) is 0 Å². The van der Waals surface area contributed by atoms with Crippen LogP contribution in [0.25, 0.3) is 15.9 Å². The highest BCUT2D eigenvalue weighted by molar-refractivity contribution is 7.71. The van der Waals surface area contributed by atoms with Crippen LogP contribution in [0.3, 0.4) is 0 Å². The number of nitrogens with one attached hydrogen (secondary N) is 1. The Morgan fingerprint density at radius 1 is 1.40 bits per heavy atom. The maximum atomic E-state index is 12.5. The Bertz CT molecular complexity index is 978. The van der Waals surface area contributed by atoms with E-state index in [2.05, 4.69) is 4.98 Å². The number of hydrogen-bond acceptors (Lipinski definition) is 4. The minimum absolute atomic E-state index is 0.225. The number of benzene rings is 1. The van der Waals surface area contributed by atoms with E-state index in [0.717, 1.165) is 4.83 Å². The molecule has 0 atom stereocenters. The molecule has 7 heteroatoms. The molecule has 0 saturated heterocycles. The second-order valence-electron chi connectivity index (χ2n) is 4.01. The SMILES string of the molecule is N#Cc1ccc(-n2c(=S)[nH]c3sccc3c2=O)c(Cl)c1. The molecule has 0 aliphatic heterocycles. The van der Waals surface area contributed by atoms with Crippen molar-refractivity contribution in [3.8, 4) is 11.8 Å². The van der Waals surface area contributed by atoms with Gasteiger partial charge >= 0.3 is 0 Å². The highest BCUT2D eigenvalue weighted by atomic mass is 35.5. The minimum Gasteiger partial charge on any atom is -0.323 e. The zero-order valence-electron chi connectivity index (χ0n) is 9.88. The molecule has 98 valence electrons. The highest BCUT2D eigenvalue weighted by Crippen LogP contribution is 2.22. The Morgan fingerprint density at radius 2 is 2.20 bits per heavy atom. The molecule has 0 fully saturated rings. The van der Waals surface area contributed by atoms with Crippen LogP contribution in [0.1, 0.15) is 5.56 Å². The van der Waals surface area contributed by atoms with Gasteiger partial charge in [-0.2, -0.15) is 5.26 Å². The first-order valence-electron chi connectivity index (χ1n) is 5.54. The van der Waals surface area contributed by atoms with Crippen LogP contribution in [0.5, 0.6) is 0 Å². The van der Waals surface area contributed by atoms with Crippen molar-refractivity contribution in [1.29, 1.82) is 5.26 Å². The zero-order valence-corrected chi connectivity index (χ0v) is 12.3. The molecule has 0 saturated carbocycles. The Balaban J connectivity index is 2.38. The van der Waals surface area contributed by atoms with Gasteiger partial charge in [-0.05, 0) is 41.9 Å². The summed E-state index contributed by atoms with van der Waals surface area (Å²) in [4.78, 5) is 16.2. The molecular formula is C13H6ClN3OS2. The summed E-state index contributed by atoms with van der Waals surface area (Å²) in [6.45, 7) is 0. The first kappa shape index (κ1) is 13.1. The summed E-state index contributed by atoms with van der Waals surface area (Å²) in [6.07, 6.45) is 0. The standard InChI is InChI=1S/C13H6ClN3OS2/c14-9-5-7(6-15)1-2-10(9)17-12(18)8-3-4-20-11(8)16-13(17)19/h1-5H,(H,16,19). The van der Waals surface area contributed by atoms with Crippen molar-refractivity contribution in [2.24, 2.45) is 0 Å². The molecule has 1 aromatic carbocycles. The van der Waals surface area contributed by atoms with Gasteiger partial charge in [-0.15, -0.1) is 11.3 Å². The predicted octanol–water partition coefficient (Wildman–Crippen LogP) is 3.63. The number of halogens is 1. The molecule has 0 amide bonds. The third-order valence-electron chi connectivity index (χ3n) is 2.84. The molecule has 3 rings (SSSR count). The number of fused-ring (bicyclic) bond motifs is 1. The normalized spacial score (nSPS) is 10.6. The lowest BCUT2D eigenvalue weighted by Gasteiger charge is -2.08. The fourth-order valence-electron chi connectivity index (χ4n) is 1.92. The van der Waals surface area contributed by atoms with Gasteiger partial charge in [-0.25, -0.2) is 0 Å². The van der Waals surface area contributed by atoms with Crippen LogP contribution in [-0.4, -0.2) is 9.55 Å². The van der Waals surface area contributed by atoms with E-state index in [4.69, 9.17) is 29.1 Å². The quantitative estimate of drug-likeness (QED) is 0.697. The van der Waals surface area contributed by atoms with E-state index in [0.29, 0.717) is 21.7 Å². The average molecular weight is 320 g/mol. The Kier molecular flexibility index (Phi) is 3.18. The molecule has 1 N–H and O–H groups in total. The van der Waals surface area contributed by atoms with Crippen molar-refractivity contribution in [1.82, 2.24) is 9.55 Å². The van der Waals surface area contributed by atoms with E-state index in [9.17, 15) is 4.79 Å². The third kappa shape index (κ3) is 1.96. The zero-order chi connectivity index (χ0) is 14.3. The Hall–Kier alpha value is -1.94. The third-order valence-corrected chi connectivity index (χ3v) is 4.26. The first-order chi connectivity index (χ1) is 9.61. The first-order valence-corrected chi connectivity index (χ1v) is 7.21. The molecule has 4 nitrogen and oxygen atoms in total. The number of nitrogens with zero attached hydrogens (tertiary/aromatic N) is 2. The van der Waals surface area contributed by atoms with Crippen LogP contribution in [0.15, 0.2) is 34.4 Å². The van der Waals surface area contributed by atoms with Crippen LogP contribution in [0.4, 0.5) is 0 Å². The molecular weight excluding hydrogens is 314 g/mol. The van der Waals surface area contributed by atoms with E-state index >= 15 is 0 Å². The summed E-state index contributed by atoms with van der Waals surface area (Å²) in [5, 5.41) is 11.5. The van der Waals surface area contributed by atoms with Crippen molar-refractivity contribution in [2.45, 2.75) is 0 Å². The smallest absolute Gasteiger partial charge is 0.267 e. The van der Waals surface area contributed by atoms with E-state index in [1.807, 2.05) is 11.4 Å². The van der Waals surface area contributed by atoms with Crippen molar-refractivity contribution in [3.63, 3.8) is 0 Å². The van der Waals surface area contributed by atoms with Crippen molar-refractivity contribution in [3.05, 3.63) is 55.4 Å². The monoisotopic (exact) mass is 319 g/mol. The number of hydrogen-bond donors (Lipinski definition) is 1. The fraction of sp³-hybridized carbons (Fsp3) is 0. The van der Waals surface area contributed by atoms with Crippen LogP contribution in [-0.2, 0) is 0 Å². The molecule has 0 radical (unpaired) electrons. The molecule has 0 aliphatic carbocycles. The second kappa shape index (κ2) is 4.87. The van der Waals surface area contributed by atoms with Gasteiger partial charge in [0.25, 0.3) is 5.56 Å². The summed E-state index contributed by atoms with van der Waals surface area (Å²) in [5.41, 5.74) is 0.667. The summed E-state index contributed by atoms with van der Waals surface area (Å²) >= 11 is 12.8. The maximum absolute atomic E-state index is 12.5. The van der Waals surface area contributed by atoms with Gasteiger partial charge in [-0.1, -0.05) is 11.6 Å². The Labute approximate surface area is 127 Å². The Morgan fingerprint density at radius 3 is 2.90 bits per heavy atom. The fourth-order valence-corrected chi connectivity index (χ4v) is 3.31.